The third-order valence-electron chi connectivity index (χ3n) is 3.22. The maximum Gasteiger partial charge on any atom is 0.131 e. The van der Waals surface area contributed by atoms with Crippen LogP contribution >= 0.6 is 11.8 Å². The molecule has 0 radical (unpaired) electrons. The summed E-state index contributed by atoms with van der Waals surface area (Å²) in [6, 6.07) is 18.9. The van der Waals surface area contributed by atoms with Crippen LogP contribution in [-0.4, -0.2) is 5.78 Å². The highest BCUT2D eigenvalue weighted by Crippen LogP contribution is 2.34. The molecule has 1 nitrogen and oxygen atoms in total. The van der Waals surface area contributed by atoms with Crippen molar-refractivity contribution in [2.75, 3.05) is 0 Å². The Bertz CT molecular complexity index is 545. The maximum atomic E-state index is 11.5. The Kier molecular flexibility index (Phi) is 5.42. The molecule has 0 saturated carbocycles. The van der Waals surface area contributed by atoms with Crippen molar-refractivity contribution in [3.05, 3.63) is 71.3 Å². The number of carbonyl (C=O) groups is 1. The fourth-order valence-electron chi connectivity index (χ4n) is 2.09. The summed E-state index contributed by atoms with van der Waals surface area (Å²) in [7, 11) is 0. The SMILES string of the molecule is CC(=O)CC(SCc1ccccc1)c1ccc(C)cc1. The average Bonchev–Trinajstić information content (AvgIpc) is 2.45. The van der Waals surface area contributed by atoms with Gasteiger partial charge in [0.15, 0.2) is 0 Å². The summed E-state index contributed by atoms with van der Waals surface area (Å²) in [5, 5.41) is 0.244. The first kappa shape index (κ1) is 14.9. The Morgan fingerprint density at radius 3 is 2.30 bits per heavy atom. The van der Waals surface area contributed by atoms with Gasteiger partial charge >= 0.3 is 0 Å². The molecule has 0 heterocycles. The van der Waals surface area contributed by atoms with E-state index in [-0.39, 0.29) is 11.0 Å². The van der Waals surface area contributed by atoms with Gasteiger partial charge < -0.3 is 0 Å². The van der Waals surface area contributed by atoms with E-state index in [1.165, 1.54) is 16.7 Å². The van der Waals surface area contributed by atoms with Crippen molar-refractivity contribution in [3.8, 4) is 0 Å². The first-order valence-corrected chi connectivity index (χ1v) is 7.91. The number of Topliss-reactive ketones (excluding diaryl/α,β-unsaturated/α-hetero) is 1. The lowest BCUT2D eigenvalue weighted by atomic mass is 10.1. The third kappa shape index (κ3) is 4.53. The normalized spacial score (nSPS) is 12.1. The molecule has 0 aliphatic rings. The molecule has 0 aliphatic carbocycles. The van der Waals surface area contributed by atoms with Crippen LogP contribution in [-0.2, 0) is 10.5 Å². The van der Waals surface area contributed by atoms with Crippen LogP contribution in [0.5, 0.6) is 0 Å². The molecule has 0 aromatic heterocycles. The first-order chi connectivity index (χ1) is 9.65. The molecular formula is C18H20OS. The van der Waals surface area contributed by atoms with Crippen LogP contribution in [0.15, 0.2) is 54.6 Å². The van der Waals surface area contributed by atoms with Gasteiger partial charge in [0.1, 0.15) is 5.78 Å². The molecule has 20 heavy (non-hydrogen) atoms. The Balaban J connectivity index is 2.07. The van der Waals surface area contributed by atoms with Crippen molar-refractivity contribution in [2.24, 2.45) is 0 Å². The summed E-state index contributed by atoms with van der Waals surface area (Å²) in [5.41, 5.74) is 3.80. The van der Waals surface area contributed by atoms with E-state index in [4.69, 9.17) is 0 Å². The standard InChI is InChI=1S/C18H20OS/c1-14-8-10-17(11-9-14)18(12-15(2)19)20-13-16-6-4-3-5-7-16/h3-11,18H,12-13H2,1-2H3. The van der Waals surface area contributed by atoms with Gasteiger partial charge in [0.25, 0.3) is 0 Å². The Labute approximate surface area is 125 Å². The minimum absolute atomic E-state index is 0.244. The summed E-state index contributed by atoms with van der Waals surface area (Å²) < 4.78 is 0. The number of rotatable bonds is 6. The minimum atomic E-state index is 0.244. The Hall–Kier alpha value is -1.54. The molecule has 2 rings (SSSR count). The number of ketones is 1. The van der Waals surface area contributed by atoms with E-state index < -0.39 is 0 Å². The van der Waals surface area contributed by atoms with Crippen molar-refractivity contribution >= 4 is 17.5 Å². The molecule has 1 unspecified atom stereocenters. The third-order valence-corrected chi connectivity index (χ3v) is 4.56. The van der Waals surface area contributed by atoms with Crippen molar-refractivity contribution in [3.63, 3.8) is 0 Å². The van der Waals surface area contributed by atoms with E-state index in [1.807, 2.05) is 17.8 Å². The molecule has 0 bridgehead atoms. The monoisotopic (exact) mass is 284 g/mol. The zero-order chi connectivity index (χ0) is 14.4. The summed E-state index contributed by atoms with van der Waals surface area (Å²) >= 11 is 1.84. The molecule has 2 heteroatoms. The van der Waals surface area contributed by atoms with Crippen LogP contribution in [0.1, 0.15) is 35.3 Å². The van der Waals surface area contributed by atoms with E-state index in [1.54, 1.807) is 6.92 Å². The highest BCUT2D eigenvalue weighted by Gasteiger charge is 2.14. The lowest BCUT2D eigenvalue weighted by molar-refractivity contribution is -0.117. The molecule has 0 spiro atoms. The van der Waals surface area contributed by atoms with Crippen molar-refractivity contribution in [1.82, 2.24) is 0 Å². The number of thioether (sulfide) groups is 1. The van der Waals surface area contributed by atoms with Crippen LogP contribution in [0.3, 0.4) is 0 Å². The molecule has 104 valence electrons. The highest BCUT2D eigenvalue weighted by atomic mass is 32.2. The minimum Gasteiger partial charge on any atom is -0.300 e. The number of benzene rings is 2. The molecule has 0 saturated heterocycles. The second-order valence-electron chi connectivity index (χ2n) is 5.10. The number of carbonyl (C=O) groups excluding carboxylic acids is 1. The van der Waals surface area contributed by atoms with E-state index in [9.17, 15) is 4.79 Å². The quantitative estimate of drug-likeness (QED) is 0.746. The van der Waals surface area contributed by atoms with Gasteiger partial charge in [0.2, 0.25) is 0 Å². The molecule has 0 fully saturated rings. The van der Waals surface area contributed by atoms with Gasteiger partial charge in [-0.3, -0.25) is 4.79 Å². The molecule has 2 aromatic carbocycles. The fourth-order valence-corrected chi connectivity index (χ4v) is 3.37. The van der Waals surface area contributed by atoms with Crippen LogP contribution < -0.4 is 0 Å². The molecule has 0 aliphatic heterocycles. The van der Waals surface area contributed by atoms with Gasteiger partial charge in [-0.1, -0.05) is 60.2 Å². The summed E-state index contributed by atoms with van der Waals surface area (Å²) in [5.74, 6) is 1.18. The second kappa shape index (κ2) is 7.30. The largest absolute Gasteiger partial charge is 0.300 e. The number of hydrogen-bond acceptors (Lipinski definition) is 2. The molecular weight excluding hydrogens is 264 g/mol. The smallest absolute Gasteiger partial charge is 0.131 e. The predicted octanol–water partition coefficient (Wildman–Crippen LogP) is 4.95. The molecule has 0 N–H and O–H groups in total. The number of hydrogen-bond donors (Lipinski definition) is 0. The van der Waals surface area contributed by atoms with Gasteiger partial charge in [0, 0.05) is 17.4 Å². The van der Waals surface area contributed by atoms with E-state index in [2.05, 4.69) is 55.5 Å². The zero-order valence-corrected chi connectivity index (χ0v) is 12.8. The van der Waals surface area contributed by atoms with Gasteiger partial charge in [-0.15, -0.1) is 11.8 Å². The lowest BCUT2D eigenvalue weighted by Crippen LogP contribution is -2.01. The van der Waals surface area contributed by atoms with Gasteiger partial charge in [-0.05, 0) is 25.0 Å². The van der Waals surface area contributed by atoms with Crippen LogP contribution in [0, 0.1) is 6.92 Å². The summed E-state index contributed by atoms with van der Waals surface area (Å²) in [6.07, 6.45) is 0.598. The topological polar surface area (TPSA) is 17.1 Å². The van der Waals surface area contributed by atoms with Crippen molar-refractivity contribution in [1.29, 1.82) is 0 Å². The highest BCUT2D eigenvalue weighted by molar-refractivity contribution is 7.98. The van der Waals surface area contributed by atoms with E-state index >= 15 is 0 Å². The van der Waals surface area contributed by atoms with Crippen molar-refractivity contribution in [2.45, 2.75) is 31.3 Å². The Morgan fingerprint density at radius 1 is 1.05 bits per heavy atom. The van der Waals surface area contributed by atoms with Crippen LogP contribution in [0.4, 0.5) is 0 Å². The summed E-state index contributed by atoms with van der Waals surface area (Å²) in [4.78, 5) is 11.5. The second-order valence-corrected chi connectivity index (χ2v) is 6.29. The summed E-state index contributed by atoms with van der Waals surface area (Å²) in [6.45, 7) is 3.76. The predicted molar refractivity (Wildman–Crippen MR) is 87.0 cm³/mol. The molecule has 0 amide bonds. The molecule has 1 atom stereocenters. The van der Waals surface area contributed by atoms with Gasteiger partial charge in [-0.25, -0.2) is 0 Å². The number of aryl methyl sites for hydroxylation is 1. The van der Waals surface area contributed by atoms with Gasteiger partial charge in [0.05, 0.1) is 0 Å². The fraction of sp³-hybridized carbons (Fsp3) is 0.278. The lowest BCUT2D eigenvalue weighted by Gasteiger charge is -2.16. The van der Waals surface area contributed by atoms with Gasteiger partial charge in [-0.2, -0.15) is 0 Å². The van der Waals surface area contributed by atoms with E-state index in [0.717, 1.165) is 5.75 Å². The average molecular weight is 284 g/mol. The van der Waals surface area contributed by atoms with Crippen LogP contribution in [0.25, 0.3) is 0 Å². The van der Waals surface area contributed by atoms with E-state index in [0.29, 0.717) is 6.42 Å². The Morgan fingerprint density at radius 2 is 1.70 bits per heavy atom. The maximum absolute atomic E-state index is 11.5. The van der Waals surface area contributed by atoms with Crippen LogP contribution in [0.2, 0.25) is 0 Å². The zero-order valence-electron chi connectivity index (χ0n) is 12.0. The molecule has 2 aromatic rings. The first-order valence-electron chi connectivity index (χ1n) is 6.86. The van der Waals surface area contributed by atoms with Crippen molar-refractivity contribution < 1.29 is 4.79 Å².